The second-order valence-corrected chi connectivity index (χ2v) is 9.64. The van der Waals surface area contributed by atoms with Crippen LogP contribution in [0, 0.1) is 6.92 Å². The zero-order valence-corrected chi connectivity index (χ0v) is 17.3. The van der Waals surface area contributed by atoms with Gasteiger partial charge in [0.1, 0.15) is 21.2 Å². The third kappa shape index (κ3) is 4.92. The lowest BCUT2D eigenvalue weighted by Crippen LogP contribution is -2.43. The molecule has 1 atom stereocenters. The number of aryl methyl sites for hydroxylation is 1. The van der Waals surface area contributed by atoms with E-state index >= 15 is 0 Å². The molecule has 3 rings (SSSR count). The summed E-state index contributed by atoms with van der Waals surface area (Å²) in [6.07, 6.45) is 2.79. The van der Waals surface area contributed by atoms with Gasteiger partial charge in [-0.2, -0.15) is 0 Å². The number of hydrogen-bond donors (Lipinski definition) is 1. The van der Waals surface area contributed by atoms with Gasteiger partial charge in [-0.1, -0.05) is 0 Å². The summed E-state index contributed by atoms with van der Waals surface area (Å²) in [5, 5.41) is 3.29. The zero-order valence-electron chi connectivity index (χ0n) is 15.7. The van der Waals surface area contributed by atoms with E-state index < -0.39 is 21.4 Å². The van der Waals surface area contributed by atoms with Crippen LogP contribution in [0.5, 0.6) is 0 Å². The maximum atomic E-state index is 12.8. The van der Waals surface area contributed by atoms with Gasteiger partial charge in [-0.15, -0.1) is 12.4 Å². The van der Waals surface area contributed by atoms with Gasteiger partial charge in [0.05, 0.1) is 11.5 Å². The Hall–Kier alpha value is -1.38. The van der Waals surface area contributed by atoms with Gasteiger partial charge in [0.2, 0.25) is 0 Å². The Morgan fingerprint density at radius 1 is 1.26 bits per heavy atom. The van der Waals surface area contributed by atoms with Crippen molar-refractivity contribution in [2.75, 3.05) is 31.6 Å². The number of nitrogens with zero attached hydrogens (tertiary/aromatic N) is 1. The lowest BCUT2D eigenvalue weighted by Gasteiger charge is -2.31. The molecule has 2 fully saturated rings. The minimum absolute atomic E-state index is 0. The summed E-state index contributed by atoms with van der Waals surface area (Å²) in [5.41, 5.74) is 0.0569. The van der Waals surface area contributed by atoms with Crippen molar-refractivity contribution in [2.24, 2.45) is 0 Å². The standard InChI is InChI=1S/C18H26N2O5S.ClH/c1-12-10-15(13-4-3-7-19-11-13)25-18(22)16(12)17(21)20(2)14-5-8-26(23,24)9-6-14;/h10,13-14,19H,3-9,11H2,1-2H3;1H. The first kappa shape index (κ1) is 21.9. The topological polar surface area (TPSA) is 96.7 Å². The van der Waals surface area contributed by atoms with Gasteiger partial charge in [0.15, 0.2) is 0 Å². The van der Waals surface area contributed by atoms with Crippen molar-refractivity contribution >= 4 is 28.2 Å². The number of halogens is 1. The lowest BCUT2D eigenvalue weighted by molar-refractivity contribution is 0.0715. The highest BCUT2D eigenvalue weighted by Crippen LogP contribution is 2.24. The molecule has 1 aromatic heterocycles. The van der Waals surface area contributed by atoms with Crippen molar-refractivity contribution in [3.63, 3.8) is 0 Å². The van der Waals surface area contributed by atoms with Crippen molar-refractivity contribution in [1.29, 1.82) is 0 Å². The summed E-state index contributed by atoms with van der Waals surface area (Å²) in [5.74, 6) is 0.546. The van der Waals surface area contributed by atoms with Crippen molar-refractivity contribution in [2.45, 2.75) is 44.6 Å². The number of rotatable bonds is 3. The molecule has 152 valence electrons. The largest absolute Gasteiger partial charge is 0.427 e. The Morgan fingerprint density at radius 2 is 1.93 bits per heavy atom. The highest BCUT2D eigenvalue weighted by atomic mass is 35.5. The molecule has 0 aliphatic carbocycles. The van der Waals surface area contributed by atoms with E-state index in [9.17, 15) is 18.0 Å². The van der Waals surface area contributed by atoms with Crippen LogP contribution in [0.2, 0.25) is 0 Å². The Bertz CT molecular complexity index is 832. The van der Waals surface area contributed by atoms with Crippen LogP contribution >= 0.6 is 12.4 Å². The van der Waals surface area contributed by atoms with Crippen LogP contribution < -0.4 is 10.9 Å². The van der Waals surface area contributed by atoms with Gasteiger partial charge in [-0.25, -0.2) is 13.2 Å². The molecular weight excluding hydrogens is 392 g/mol. The van der Waals surface area contributed by atoms with E-state index in [4.69, 9.17) is 4.42 Å². The van der Waals surface area contributed by atoms with Crippen molar-refractivity contribution in [3.8, 4) is 0 Å². The molecule has 1 N–H and O–H groups in total. The average Bonchev–Trinajstić information content (AvgIpc) is 2.61. The number of piperidine rings is 1. The van der Waals surface area contributed by atoms with Crippen LogP contribution in [0.1, 0.15) is 53.3 Å². The number of amides is 1. The van der Waals surface area contributed by atoms with Gasteiger partial charge in [-0.3, -0.25) is 4.79 Å². The van der Waals surface area contributed by atoms with Crippen molar-refractivity contribution in [1.82, 2.24) is 10.2 Å². The molecule has 0 aromatic carbocycles. The molecule has 1 aromatic rings. The SMILES string of the molecule is Cc1cc(C2CCCNC2)oc(=O)c1C(=O)N(C)C1CCS(=O)(=O)CC1.Cl. The molecule has 7 nitrogen and oxygen atoms in total. The van der Waals surface area contributed by atoms with Crippen molar-refractivity contribution in [3.05, 3.63) is 33.4 Å². The molecule has 9 heteroatoms. The van der Waals surface area contributed by atoms with Gasteiger partial charge in [0, 0.05) is 25.6 Å². The van der Waals surface area contributed by atoms with Crippen molar-refractivity contribution < 1.29 is 17.6 Å². The predicted molar refractivity (Wildman–Crippen MR) is 106 cm³/mol. The molecule has 1 amide bonds. The van der Waals surface area contributed by atoms with Crippen LogP contribution in [0.15, 0.2) is 15.3 Å². The Balaban J connectivity index is 0.00000261. The highest BCUT2D eigenvalue weighted by Gasteiger charge is 2.31. The molecule has 1 unspecified atom stereocenters. The minimum atomic E-state index is -3.00. The smallest absolute Gasteiger partial charge is 0.349 e. The van der Waals surface area contributed by atoms with E-state index in [0.29, 0.717) is 24.2 Å². The maximum Gasteiger partial charge on any atom is 0.349 e. The molecule has 0 bridgehead atoms. The van der Waals surface area contributed by atoms with Gasteiger partial charge < -0.3 is 14.6 Å². The molecule has 27 heavy (non-hydrogen) atoms. The lowest BCUT2D eigenvalue weighted by atomic mass is 9.95. The number of carbonyl (C=O) groups is 1. The van der Waals surface area contributed by atoms with E-state index in [-0.39, 0.29) is 41.4 Å². The second kappa shape index (κ2) is 8.75. The van der Waals surface area contributed by atoms with Gasteiger partial charge in [0.25, 0.3) is 5.91 Å². The molecule has 0 radical (unpaired) electrons. The quantitative estimate of drug-likeness (QED) is 0.798. The van der Waals surface area contributed by atoms with E-state index in [2.05, 4.69) is 5.32 Å². The second-order valence-electron chi connectivity index (χ2n) is 7.34. The van der Waals surface area contributed by atoms with Crippen LogP contribution in [0.3, 0.4) is 0 Å². The monoisotopic (exact) mass is 418 g/mol. The first-order valence-electron chi connectivity index (χ1n) is 9.11. The Kier molecular flexibility index (Phi) is 7.10. The van der Waals surface area contributed by atoms with Crippen LogP contribution in [0.4, 0.5) is 0 Å². The maximum absolute atomic E-state index is 12.8. The highest BCUT2D eigenvalue weighted by molar-refractivity contribution is 7.91. The van der Waals surface area contributed by atoms with Crippen LogP contribution in [-0.2, 0) is 9.84 Å². The van der Waals surface area contributed by atoms with Gasteiger partial charge >= 0.3 is 5.63 Å². The number of nitrogens with one attached hydrogen (secondary N) is 1. The fourth-order valence-electron chi connectivity index (χ4n) is 3.79. The normalized spacial score (nSPS) is 22.7. The molecule has 2 aliphatic rings. The third-order valence-electron chi connectivity index (χ3n) is 5.47. The molecule has 2 aliphatic heterocycles. The Labute approximate surface area is 165 Å². The first-order valence-corrected chi connectivity index (χ1v) is 10.9. The summed E-state index contributed by atoms with van der Waals surface area (Å²) in [4.78, 5) is 26.8. The number of hydrogen-bond acceptors (Lipinski definition) is 6. The fraction of sp³-hybridized carbons (Fsp3) is 0.667. The average molecular weight is 419 g/mol. The number of sulfone groups is 1. The number of carbonyl (C=O) groups excluding carboxylic acids is 1. The van der Waals surface area contributed by atoms with E-state index in [1.54, 1.807) is 20.0 Å². The van der Waals surface area contributed by atoms with Crippen LogP contribution in [-0.4, -0.2) is 56.9 Å². The van der Waals surface area contributed by atoms with E-state index in [1.807, 2.05) is 0 Å². The summed E-state index contributed by atoms with van der Waals surface area (Å²) in [6.45, 7) is 3.49. The summed E-state index contributed by atoms with van der Waals surface area (Å²) in [7, 11) is -1.37. The third-order valence-corrected chi connectivity index (χ3v) is 7.19. The minimum Gasteiger partial charge on any atom is -0.427 e. The van der Waals surface area contributed by atoms with Gasteiger partial charge in [-0.05, 0) is 50.8 Å². The molecule has 3 heterocycles. The molecule has 2 saturated heterocycles. The van der Waals surface area contributed by atoms with E-state index in [0.717, 1.165) is 25.9 Å². The first-order chi connectivity index (χ1) is 12.3. The Morgan fingerprint density at radius 3 is 2.48 bits per heavy atom. The molecule has 0 spiro atoms. The summed E-state index contributed by atoms with van der Waals surface area (Å²) < 4.78 is 28.6. The zero-order chi connectivity index (χ0) is 18.9. The van der Waals surface area contributed by atoms with E-state index in [1.165, 1.54) is 4.90 Å². The molecule has 0 saturated carbocycles. The summed E-state index contributed by atoms with van der Waals surface area (Å²) in [6, 6.07) is 1.62. The fourth-order valence-corrected chi connectivity index (χ4v) is 5.26. The summed E-state index contributed by atoms with van der Waals surface area (Å²) >= 11 is 0. The predicted octanol–water partition coefficient (Wildman–Crippen LogP) is 1.49. The van der Waals surface area contributed by atoms with Crippen LogP contribution in [0.25, 0.3) is 0 Å². The molecular formula is C18H27ClN2O5S.